The zero-order valence-corrected chi connectivity index (χ0v) is 20.5. The molecule has 1 atom stereocenters. The van der Waals surface area contributed by atoms with Crippen LogP contribution in [0.5, 0.6) is 11.5 Å². The Labute approximate surface area is 209 Å². The highest BCUT2D eigenvalue weighted by molar-refractivity contribution is 6.39. The molecule has 1 amide bonds. The number of phenols is 1. The Hall–Kier alpha value is -2.52. The Morgan fingerprint density at radius 2 is 1.91 bits per heavy atom. The number of hydrogen-bond donors (Lipinski definition) is 3. The molecule has 1 saturated heterocycles. The number of carbonyl (C=O) groups is 2. The summed E-state index contributed by atoms with van der Waals surface area (Å²) in [5.74, 6) is -1.64. The van der Waals surface area contributed by atoms with Gasteiger partial charge in [-0.3, -0.25) is 9.69 Å². The van der Waals surface area contributed by atoms with Gasteiger partial charge in [0.25, 0.3) is 5.91 Å². The van der Waals surface area contributed by atoms with Crippen molar-refractivity contribution in [3.63, 3.8) is 0 Å². The number of ether oxygens (including phenoxy) is 2. The van der Waals surface area contributed by atoms with Crippen LogP contribution in [0, 0.1) is 0 Å². The maximum atomic E-state index is 13.0. The van der Waals surface area contributed by atoms with E-state index in [9.17, 15) is 14.7 Å². The van der Waals surface area contributed by atoms with Crippen molar-refractivity contribution in [3.05, 3.63) is 57.6 Å². The van der Waals surface area contributed by atoms with E-state index in [1.165, 1.54) is 6.07 Å². The molecule has 0 radical (unpaired) electrons. The van der Waals surface area contributed by atoms with Gasteiger partial charge in [0.1, 0.15) is 17.7 Å². The Balaban J connectivity index is 1.71. The standard InChI is InChI=1S/C24H29Cl2N3O5/c1-2-33-24(32)19(14-16-6-4-3-5-7-16)28-23(31)17-15-18(25)22(20(26)21(17)30)34-13-12-29-10-8-27-9-11-29/h3-7,15,19,27,30H,2,8-14H2,1H3,(H,28,31)/t19-/m1/s1. The lowest BCUT2D eigenvalue weighted by Crippen LogP contribution is -2.44. The summed E-state index contributed by atoms with van der Waals surface area (Å²) >= 11 is 12.6. The largest absolute Gasteiger partial charge is 0.505 e. The van der Waals surface area contributed by atoms with Gasteiger partial charge in [-0.1, -0.05) is 53.5 Å². The van der Waals surface area contributed by atoms with Crippen molar-refractivity contribution in [1.29, 1.82) is 0 Å². The Morgan fingerprint density at radius 1 is 1.21 bits per heavy atom. The number of rotatable bonds is 10. The Kier molecular flexibility index (Phi) is 9.83. The van der Waals surface area contributed by atoms with Crippen molar-refractivity contribution in [2.45, 2.75) is 19.4 Å². The number of hydrogen-bond acceptors (Lipinski definition) is 7. The van der Waals surface area contributed by atoms with E-state index in [-0.39, 0.29) is 34.4 Å². The van der Waals surface area contributed by atoms with Crippen molar-refractivity contribution < 1.29 is 24.2 Å². The molecule has 1 heterocycles. The fourth-order valence-corrected chi connectivity index (χ4v) is 4.19. The normalized spacial score (nSPS) is 14.9. The van der Waals surface area contributed by atoms with Crippen LogP contribution in [-0.2, 0) is 16.0 Å². The molecule has 0 unspecified atom stereocenters. The van der Waals surface area contributed by atoms with Crippen molar-refractivity contribution in [1.82, 2.24) is 15.5 Å². The molecule has 1 fully saturated rings. The quantitative estimate of drug-likeness (QED) is 0.423. The summed E-state index contributed by atoms with van der Waals surface area (Å²) < 4.78 is 10.8. The van der Waals surface area contributed by atoms with E-state index in [0.717, 1.165) is 31.7 Å². The van der Waals surface area contributed by atoms with E-state index in [4.69, 9.17) is 32.7 Å². The molecule has 2 aromatic rings. The zero-order valence-electron chi connectivity index (χ0n) is 19.0. The summed E-state index contributed by atoms with van der Waals surface area (Å²) in [4.78, 5) is 27.7. The van der Waals surface area contributed by atoms with E-state index in [0.29, 0.717) is 13.2 Å². The van der Waals surface area contributed by atoms with Crippen LogP contribution in [0.1, 0.15) is 22.8 Å². The van der Waals surface area contributed by atoms with E-state index >= 15 is 0 Å². The molecular formula is C24H29Cl2N3O5. The van der Waals surface area contributed by atoms with Gasteiger partial charge in [0.15, 0.2) is 11.5 Å². The maximum Gasteiger partial charge on any atom is 0.328 e. The molecule has 0 aromatic heterocycles. The Morgan fingerprint density at radius 3 is 2.59 bits per heavy atom. The van der Waals surface area contributed by atoms with Gasteiger partial charge in [-0.05, 0) is 18.6 Å². The van der Waals surface area contributed by atoms with Crippen LogP contribution in [0.4, 0.5) is 0 Å². The molecule has 1 aliphatic heterocycles. The van der Waals surface area contributed by atoms with E-state index in [1.54, 1.807) is 6.92 Å². The summed E-state index contributed by atoms with van der Waals surface area (Å²) in [7, 11) is 0. The first kappa shape index (κ1) is 26.1. The number of aromatic hydroxyl groups is 1. The molecular weight excluding hydrogens is 481 g/mol. The second-order valence-electron chi connectivity index (χ2n) is 7.81. The van der Waals surface area contributed by atoms with Crippen molar-refractivity contribution >= 4 is 35.1 Å². The zero-order chi connectivity index (χ0) is 24.5. The molecule has 8 nitrogen and oxygen atoms in total. The van der Waals surface area contributed by atoms with Gasteiger partial charge >= 0.3 is 5.97 Å². The number of piperazine rings is 1. The highest BCUT2D eigenvalue weighted by Gasteiger charge is 2.27. The molecule has 0 saturated carbocycles. The average molecular weight is 510 g/mol. The molecule has 10 heteroatoms. The molecule has 1 aliphatic rings. The van der Waals surface area contributed by atoms with Crippen LogP contribution in [0.15, 0.2) is 36.4 Å². The second kappa shape index (κ2) is 12.8. The minimum absolute atomic E-state index is 0.0870. The first-order valence-corrected chi connectivity index (χ1v) is 11.9. The lowest BCUT2D eigenvalue weighted by Gasteiger charge is -2.27. The third-order valence-corrected chi connectivity index (χ3v) is 6.05. The maximum absolute atomic E-state index is 13.0. The second-order valence-corrected chi connectivity index (χ2v) is 8.59. The molecule has 3 rings (SSSR count). The number of amides is 1. The van der Waals surface area contributed by atoms with Crippen LogP contribution in [0.2, 0.25) is 10.0 Å². The van der Waals surface area contributed by atoms with Gasteiger partial charge in [0, 0.05) is 39.1 Å². The summed E-state index contributed by atoms with van der Waals surface area (Å²) in [6.07, 6.45) is 0.223. The van der Waals surface area contributed by atoms with Crippen molar-refractivity contribution in [2.24, 2.45) is 0 Å². The van der Waals surface area contributed by atoms with E-state index < -0.39 is 23.7 Å². The predicted molar refractivity (Wildman–Crippen MR) is 131 cm³/mol. The topological polar surface area (TPSA) is 100 Å². The molecule has 184 valence electrons. The van der Waals surface area contributed by atoms with Crippen molar-refractivity contribution in [3.8, 4) is 11.5 Å². The van der Waals surface area contributed by atoms with Gasteiger partial charge in [-0.15, -0.1) is 0 Å². The smallest absolute Gasteiger partial charge is 0.328 e. The number of benzene rings is 2. The monoisotopic (exact) mass is 509 g/mol. The number of phenolic OH excluding ortho intramolecular Hbond substituents is 1. The van der Waals surface area contributed by atoms with Crippen molar-refractivity contribution in [2.75, 3.05) is 45.9 Å². The minimum Gasteiger partial charge on any atom is -0.505 e. The Bertz CT molecular complexity index is 984. The number of esters is 1. The number of halogens is 2. The molecule has 0 aliphatic carbocycles. The summed E-state index contributed by atoms with van der Waals surface area (Å²) in [5, 5.41) is 16.4. The highest BCUT2D eigenvalue weighted by atomic mass is 35.5. The number of nitrogens with one attached hydrogen (secondary N) is 2. The number of carbonyl (C=O) groups excluding carboxylic acids is 2. The first-order chi connectivity index (χ1) is 16.4. The van der Waals surface area contributed by atoms with Gasteiger partial charge < -0.3 is 25.2 Å². The minimum atomic E-state index is -0.957. The van der Waals surface area contributed by atoms with Crippen LogP contribution in [0.3, 0.4) is 0 Å². The fraction of sp³-hybridized carbons (Fsp3) is 0.417. The molecule has 0 spiro atoms. The predicted octanol–water partition coefficient (Wildman–Crippen LogP) is 2.89. The number of nitrogens with zero attached hydrogens (tertiary/aromatic N) is 1. The molecule has 0 bridgehead atoms. The molecule has 3 N–H and O–H groups in total. The van der Waals surface area contributed by atoms with Crippen LogP contribution < -0.4 is 15.4 Å². The van der Waals surface area contributed by atoms with Gasteiger partial charge in [-0.25, -0.2) is 4.79 Å². The summed E-state index contributed by atoms with van der Waals surface area (Å²) in [6, 6.07) is 9.55. The average Bonchev–Trinajstić information content (AvgIpc) is 2.84. The van der Waals surface area contributed by atoms with E-state index in [2.05, 4.69) is 15.5 Å². The third-order valence-electron chi connectivity index (χ3n) is 5.42. The lowest BCUT2D eigenvalue weighted by molar-refractivity contribution is -0.145. The van der Waals surface area contributed by atoms with Gasteiger partial charge in [0.05, 0.1) is 17.2 Å². The SMILES string of the molecule is CCOC(=O)[C@@H](Cc1ccccc1)NC(=O)c1cc(Cl)c(OCCN2CCNCC2)c(Cl)c1O. The first-order valence-electron chi connectivity index (χ1n) is 11.2. The van der Waals surface area contributed by atoms with E-state index in [1.807, 2.05) is 30.3 Å². The molecule has 34 heavy (non-hydrogen) atoms. The van der Waals surface area contributed by atoms with Gasteiger partial charge in [0.2, 0.25) is 0 Å². The fourth-order valence-electron chi connectivity index (χ4n) is 3.63. The van der Waals surface area contributed by atoms with Crippen LogP contribution in [-0.4, -0.2) is 73.9 Å². The third kappa shape index (κ3) is 6.99. The highest BCUT2D eigenvalue weighted by Crippen LogP contribution is 2.42. The van der Waals surface area contributed by atoms with Crippen LogP contribution in [0.25, 0.3) is 0 Å². The summed E-state index contributed by atoms with van der Waals surface area (Å²) in [6.45, 7) is 6.53. The van der Waals surface area contributed by atoms with Crippen LogP contribution >= 0.6 is 23.2 Å². The lowest BCUT2D eigenvalue weighted by atomic mass is 10.1. The molecule has 2 aromatic carbocycles. The van der Waals surface area contributed by atoms with Gasteiger partial charge in [-0.2, -0.15) is 0 Å². The summed E-state index contributed by atoms with van der Waals surface area (Å²) in [5.41, 5.74) is 0.682.